The molecule has 2 N–H and O–H groups in total. The molecule has 1 aromatic carbocycles. The van der Waals surface area contributed by atoms with E-state index in [4.69, 9.17) is 0 Å². The van der Waals surface area contributed by atoms with Crippen molar-refractivity contribution in [2.75, 3.05) is 25.0 Å². The van der Waals surface area contributed by atoms with Crippen LogP contribution >= 0.6 is 0 Å². The molecule has 0 spiro atoms. The van der Waals surface area contributed by atoms with Gasteiger partial charge in [-0.1, -0.05) is 12.1 Å². The zero-order chi connectivity index (χ0) is 16.8. The Bertz CT molecular complexity index is 711. The molecular formula is C19H23N3O2. The van der Waals surface area contributed by atoms with Crippen molar-refractivity contribution in [2.45, 2.75) is 25.7 Å². The van der Waals surface area contributed by atoms with E-state index in [0.717, 1.165) is 12.1 Å². The summed E-state index contributed by atoms with van der Waals surface area (Å²) in [5.74, 6) is -0.229. The molecule has 1 aromatic heterocycles. The highest BCUT2D eigenvalue weighted by Crippen LogP contribution is 2.14. The predicted octanol–water partition coefficient (Wildman–Crippen LogP) is 2.66. The highest BCUT2D eigenvalue weighted by atomic mass is 16.1. The van der Waals surface area contributed by atoms with Gasteiger partial charge in [-0.25, -0.2) is 0 Å². The van der Waals surface area contributed by atoms with Crippen molar-refractivity contribution in [1.82, 2.24) is 9.88 Å². The lowest BCUT2D eigenvalue weighted by molar-refractivity contribution is 0.102. The fraction of sp³-hybridized carbons (Fsp3) is 0.368. The molecule has 126 valence electrons. The first-order chi connectivity index (χ1) is 11.7. The van der Waals surface area contributed by atoms with E-state index in [1.165, 1.54) is 62.8 Å². The number of anilines is 1. The predicted molar refractivity (Wildman–Crippen MR) is 95.5 cm³/mol. The molecule has 2 heterocycles. The highest BCUT2D eigenvalue weighted by Gasteiger charge is 2.10. The lowest BCUT2D eigenvalue weighted by Crippen LogP contribution is -2.20. The number of nitrogens with one attached hydrogen (secondary N) is 2. The van der Waals surface area contributed by atoms with Crippen LogP contribution in [0.1, 0.15) is 35.2 Å². The number of likely N-dealkylation sites (tertiary alicyclic amines) is 1. The van der Waals surface area contributed by atoms with E-state index in [9.17, 15) is 9.59 Å². The second-order valence-corrected chi connectivity index (χ2v) is 6.24. The fourth-order valence-corrected chi connectivity index (χ4v) is 3.02. The van der Waals surface area contributed by atoms with Crippen molar-refractivity contribution in [1.29, 1.82) is 0 Å². The van der Waals surface area contributed by atoms with Gasteiger partial charge in [0.2, 0.25) is 5.56 Å². The van der Waals surface area contributed by atoms with Crippen LogP contribution in [0.25, 0.3) is 0 Å². The summed E-state index contributed by atoms with van der Waals surface area (Å²) in [7, 11) is 0. The fourth-order valence-electron chi connectivity index (χ4n) is 3.02. The Morgan fingerprint density at radius 2 is 1.83 bits per heavy atom. The molecule has 1 aliphatic heterocycles. The third-order valence-electron chi connectivity index (χ3n) is 4.40. The summed E-state index contributed by atoms with van der Waals surface area (Å²) in [5, 5.41) is 2.84. The molecule has 1 saturated heterocycles. The van der Waals surface area contributed by atoms with Crippen molar-refractivity contribution in [3.63, 3.8) is 0 Å². The van der Waals surface area contributed by atoms with Gasteiger partial charge in [0.15, 0.2) is 0 Å². The quantitative estimate of drug-likeness (QED) is 0.858. The summed E-state index contributed by atoms with van der Waals surface area (Å²) in [5.41, 5.74) is 2.26. The van der Waals surface area contributed by atoms with E-state index >= 15 is 0 Å². The van der Waals surface area contributed by atoms with E-state index in [2.05, 4.69) is 27.3 Å². The van der Waals surface area contributed by atoms with Crippen molar-refractivity contribution in [3.05, 3.63) is 64.1 Å². The summed E-state index contributed by atoms with van der Waals surface area (Å²) in [6.07, 6.45) is 6.32. The van der Waals surface area contributed by atoms with E-state index in [-0.39, 0.29) is 11.5 Å². The molecule has 5 nitrogen and oxygen atoms in total. The van der Waals surface area contributed by atoms with Crippen LogP contribution in [-0.4, -0.2) is 35.4 Å². The number of carbonyl (C=O) groups is 1. The first kappa shape index (κ1) is 16.5. The molecule has 2 aromatic rings. The van der Waals surface area contributed by atoms with Gasteiger partial charge >= 0.3 is 0 Å². The molecule has 1 aliphatic rings. The number of nitrogens with zero attached hydrogens (tertiary/aromatic N) is 1. The zero-order valence-corrected chi connectivity index (χ0v) is 13.8. The van der Waals surface area contributed by atoms with Gasteiger partial charge in [-0.05, 0) is 69.1 Å². The summed E-state index contributed by atoms with van der Waals surface area (Å²) in [4.78, 5) is 28.1. The minimum Gasteiger partial charge on any atom is -0.328 e. The van der Waals surface area contributed by atoms with Gasteiger partial charge in [0.1, 0.15) is 0 Å². The van der Waals surface area contributed by atoms with Gasteiger partial charge in [0, 0.05) is 18.0 Å². The van der Waals surface area contributed by atoms with Crippen LogP contribution in [0.15, 0.2) is 47.4 Å². The second kappa shape index (κ2) is 7.93. The largest absolute Gasteiger partial charge is 0.328 e. The number of aryl methyl sites for hydroxylation is 1. The third kappa shape index (κ3) is 4.55. The molecule has 0 aliphatic carbocycles. The average Bonchev–Trinajstić information content (AvgIpc) is 3.10. The minimum atomic E-state index is -0.229. The maximum atomic E-state index is 12.1. The van der Waals surface area contributed by atoms with Gasteiger partial charge in [0.25, 0.3) is 5.91 Å². The number of aromatic nitrogens is 1. The van der Waals surface area contributed by atoms with Crippen LogP contribution in [0.4, 0.5) is 5.69 Å². The van der Waals surface area contributed by atoms with Crippen LogP contribution < -0.4 is 10.9 Å². The number of aromatic amines is 1. The Labute approximate surface area is 141 Å². The Morgan fingerprint density at radius 1 is 1.08 bits per heavy atom. The summed E-state index contributed by atoms with van der Waals surface area (Å²) in [6.45, 7) is 3.66. The maximum absolute atomic E-state index is 12.1. The summed E-state index contributed by atoms with van der Waals surface area (Å²) in [6, 6.07) is 10.8. The molecule has 0 bridgehead atoms. The van der Waals surface area contributed by atoms with E-state index < -0.39 is 0 Å². The number of hydrogen-bond donors (Lipinski definition) is 2. The lowest BCUT2D eigenvalue weighted by atomic mass is 10.1. The number of pyridine rings is 1. The maximum Gasteiger partial charge on any atom is 0.257 e. The van der Waals surface area contributed by atoms with Gasteiger partial charge in [-0.15, -0.1) is 0 Å². The molecule has 0 radical (unpaired) electrons. The number of amides is 1. The Morgan fingerprint density at radius 3 is 2.50 bits per heavy atom. The molecule has 1 amide bonds. The number of rotatable bonds is 6. The topological polar surface area (TPSA) is 65.2 Å². The smallest absolute Gasteiger partial charge is 0.257 e. The molecular weight excluding hydrogens is 302 g/mol. The molecule has 5 heteroatoms. The van der Waals surface area contributed by atoms with E-state index in [1.807, 2.05) is 12.1 Å². The van der Waals surface area contributed by atoms with Crippen molar-refractivity contribution in [2.24, 2.45) is 0 Å². The highest BCUT2D eigenvalue weighted by molar-refractivity contribution is 6.03. The van der Waals surface area contributed by atoms with Crippen LogP contribution in [-0.2, 0) is 6.42 Å². The third-order valence-corrected chi connectivity index (χ3v) is 4.40. The SMILES string of the molecule is O=C(Nc1ccc(CCCN2CCCC2)cc1)c1ccc(=O)[nH]c1. The van der Waals surface area contributed by atoms with Gasteiger partial charge in [-0.2, -0.15) is 0 Å². The minimum absolute atomic E-state index is 0.218. The summed E-state index contributed by atoms with van der Waals surface area (Å²) < 4.78 is 0. The molecule has 0 unspecified atom stereocenters. The monoisotopic (exact) mass is 325 g/mol. The molecule has 0 saturated carbocycles. The van der Waals surface area contributed by atoms with Gasteiger partial charge in [0.05, 0.1) is 5.56 Å². The molecule has 1 fully saturated rings. The molecule has 3 rings (SSSR count). The standard InChI is InChI=1S/C19H23N3O2/c23-18-10-7-16(14-20-18)19(24)21-17-8-5-15(6-9-17)4-3-13-22-11-1-2-12-22/h5-10,14H,1-4,11-13H2,(H,20,23)(H,21,24). The Hall–Kier alpha value is -2.40. The second-order valence-electron chi connectivity index (χ2n) is 6.24. The Kier molecular flexibility index (Phi) is 5.43. The zero-order valence-electron chi connectivity index (χ0n) is 13.8. The number of hydrogen-bond acceptors (Lipinski definition) is 3. The van der Waals surface area contributed by atoms with Crippen molar-refractivity contribution >= 4 is 11.6 Å². The number of benzene rings is 1. The van der Waals surface area contributed by atoms with Crippen LogP contribution in [0.2, 0.25) is 0 Å². The molecule has 24 heavy (non-hydrogen) atoms. The van der Waals surface area contributed by atoms with Crippen molar-refractivity contribution < 1.29 is 4.79 Å². The van der Waals surface area contributed by atoms with E-state index in [0.29, 0.717) is 5.56 Å². The van der Waals surface area contributed by atoms with Crippen LogP contribution in [0, 0.1) is 0 Å². The van der Waals surface area contributed by atoms with Crippen LogP contribution in [0.5, 0.6) is 0 Å². The first-order valence-corrected chi connectivity index (χ1v) is 8.52. The van der Waals surface area contributed by atoms with E-state index in [1.54, 1.807) is 0 Å². The van der Waals surface area contributed by atoms with Crippen LogP contribution in [0.3, 0.4) is 0 Å². The Balaban J connectivity index is 1.49. The lowest BCUT2D eigenvalue weighted by Gasteiger charge is -2.14. The normalized spacial score (nSPS) is 14.7. The van der Waals surface area contributed by atoms with Crippen molar-refractivity contribution in [3.8, 4) is 0 Å². The van der Waals surface area contributed by atoms with Gasteiger partial charge < -0.3 is 15.2 Å². The first-order valence-electron chi connectivity index (χ1n) is 8.52. The number of carbonyl (C=O) groups excluding carboxylic acids is 1. The van der Waals surface area contributed by atoms with Gasteiger partial charge in [-0.3, -0.25) is 9.59 Å². The summed E-state index contributed by atoms with van der Waals surface area (Å²) >= 11 is 0. The number of H-pyrrole nitrogens is 1. The average molecular weight is 325 g/mol. The molecule has 0 atom stereocenters.